The zero-order valence-corrected chi connectivity index (χ0v) is 11.6. The molecule has 2 nitrogen and oxygen atoms in total. The van der Waals surface area contributed by atoms with Gasteiger partial charge in [0.1, 0.15) is 11.6 Å². The van der Waals surface area contributed by atoms with Crippen LogP contribution in [0.3, 0.4) is 0 Å². The molecule has 3 heteroatoms. The van der Waals surface area contributed by atoms with Crippen LogP contribution in [0.4, 0.5) is 4.39 Å². The minimum absolute atomic E-state index is 0.0486. The van der Waals surface area contributed by atoms with Gasteiger partial charge in [-0.15, -0.1) is 0 Å². The molecule has 0 bridgehead atoms. The normalized spacial score (nSPS) is 12.3. The van der Waals surface area contributed by atoms with E-state index < -0.39 is 0 Å². The fourth-order valence-electron chi connectivity index (χ4n) is 2.27. The first-order valence-electron chi connectivity index (χ1n) is 6.96. The maximum Gasteiger partial charge on any atom is 0.123 e. The summed E-state index contributed by atoms with van der Waals surface area (Å²) in [7, 11) is 0. The average molecular weight is 273 g/mol. The maximum absolute atomic E-state index is 13.4. The van der Waals surface area contributed by atoms with Gasteiger partial charge in [0.2, 0.25) is 0 Å². The lowest BCUT2D eigenvalue weighted by Gasteiger charge is -2.19. The van der Waals surface area contributed by atoms with Gasteiger partial charge in [-0.1, -0.05) is 31.2 Å². The molecule has 0 aromatic heterocycles. The number of nitrogens with one attached hydrogen (secondary N) is 1. The zero-order valence-electron chi connectivity index (χ0n) is 11.6. The summed E-state index contributed by atoms with van der Waals surface area (Å²) in [4.78, 5) is 0. The molecule has 0 saturated heterocycles. The van der Waals surface area contributed by atoms with Crippen LogP contribution in [0.2, 0.25) is 0 Å². The molecule has 1 atom stereocenters. The van der Waals surface area contributed by atoms with E-state index in [1.165, 1.54) is 6.07 Å². The molecule has 0 heterocycles. The van der Waals surface area contributed by atoms with E-state index in [4.69, 9.17) is 0 Å². The van der Waals surface area contributed by atoms with Crippen LogP contribution >= 0.6 is 0 Å². The third-order valence-electron chi connectivity index (χ3n) is 3.24. The van der Waals surface area contributed by atoms with E-state index >= 15 is 0 Å². The molecule has 0 amide bonds. The Balaban J connectivity index is 2.19. The van der Waals surface area contributed by atoms with Crippen LogP contribution in [0.25, 0.3) is 0 Å². The summed E-state index contributed by atoms with van der Waals surface area (Å²) in [5.41, 5.74) is 1.96. The van der Waals surface area contributed by atoms with Gasteiger partial charge in [0, 0.05) is 6.04 Å². The molecule has 2 rings (SSSR count). The number of halogens is 1. The zero-order chi connectivity index (χ0) is 14.4. The lowest BCUT2D eigenvalue weighted by atomic mass is 9.98. The monoisotopic (exact) mass is 273 g/mol. The standard InChI is InChI=1S/C17H20FNO/c1-2-9-19-17(14-6-4-7-15(18)12-14)11-13-5-3-8-16(20)10-13/h3-8,10,12,17,19-20H,2,9,11H2,1H3. The topological polar surface area (TPSA) is 32.3 Å². The van der Waals surface area contributed by atoms with Gasteiger partial charge < -0.3 is 10.4 Å². The molecule has 0 aliphatic carbocycles. The van der Waals surface area contributed by atoms with Crippen molar-refractivity contribution in [2.75, 3.05) is 6.54 Å². The summed E-state index contributed by atoms with van der Waals surface area (Å²) in [6.45, 7) is 2.98. The maximum atomic E-state index is 13.4. The molecule has 2 aromatic rings. The van der Waals surface area contributed by atoms with Crippen molar-refractivity contribution < 1.29 is 9.50 Å². The van der Waals surface area contributed by atoms with Gasteiger partial charge in [0.05, 0.1) is 0 Å². The fourth-order valence-corrected chi connectivity index (χ4v) is 2.27. The van der Waals surface area contributed by atoms with E-state index in [1.807, 2.05) is 18.2 Å². The van der Waals surface area contributed by atoms with Crippen molar-refractivity contribution in [1.82, 2.24) is 5.32 Å². The largest absolute Gasteiger partial charge is 0.508 e. The molecule has 0 saturated carbocycles. The van der Waals surface area contributed by atoms with Gasteiger partial charge in [-0.05, 0) is 54.8 Å². The molecule has 0 spiro atoms. The van der Waals surface area contributed by atoms with Gasteiger partial charge in [-0.25, -0.2) is 4.39 Å². The third-order valence-corrected chi connectivity index (χ3v) is 3.24. The summed E-state index contributed by atoms with van der Waals surface area (Å²) < 4.78 is 13.4. The molecular weight excluding hydrogens is 253 g/mol. The summed E-state index contributed by atoms with van der Waals surface area (Å²) in [5.74, 6) is 0.0395. The van der Waals surface area contributed by atoms with Gasteiger partial charge in [-0.3, -0.25) is 0 Å². The van der Waals surface area contributed by atoms with Gasteiger partial charge >= 0.3 is 0 Å². The molecule has 0 fully saturated rings. The van der Waals surface area contributed by atoms with Crippen LogP contribution in [-0.4, -0.2) is 11.7 Å². The van der Waals surface area contributed by atoms with Crippen LogP contribution in [-0.2, 0) is 6.42 Å². The Labute approximate surface area is 119 Å². The van der Waals surface area contributed by atoms with Crippen molar-refractivity contribution >= 4 is 0 Å². The van der Waals surface area contributed by atoms with E-state index in [0.29, 0.717) is 0 Å². The summed E-state index contributed by atoms with van der Waals surface area (Å²) in [5, 5.41) is 13.0. The predicted molar refractivity (Wildman–Crippen MR) is 79.2 cm³/mol. The second-order valence-corrected chi connectivity index (χ2v) is 4.94. The molecule has 0 aliphatic rings. The van der Waals surface area contributed by atoms with E-state index in [-0.39, 0.29) is 17.6 Å². The van der Waals surface area contributed by atoms with Crippen LogP contribution in [0.5, 0.6) is 5.75 Å². The fraction of sp³-hybridized carbons (Fsp3) is 0.294. The average Bonchev–Trinajstić information content (AvgIpc) is 2.43. The quantitative estimate of drug-likeness (QED) is 0.838. The smallest absolute Gasteiger partial charge is 0.123 e. The molecule has 106 valence electrons. The molecule has 0 radical (unpaired) electrons. The van der Waals surface area contributed by atoms with Crippen molar-refractivity contribution in [3.05, 3.63) is 65.5 Å². The van der Waals surface area contributed by atoms with Crippen LogP contribution < -0.4 is 5.32 Å². The number of hydrogen-bond acceptors (Lipinski definition) is 2. The first-order valence-corrected chi connectivity index (χ1v) is 6.96. The van der Waals surface area contributed by atoms with Gasteiger partial charge in [0.25, 0.3) is 0 Å². The van der Waals surface area contributed by atoms with Crippen molar-refractivity contribution in [1.29, 1.82) is 0 Å². The van der Waals surface area contributed by atoms with Gasteiger partial charge in [0.15, 0.2) is 0 Å². The first kappa shape index (κ1) is 14.5. The minimum Gasteiger partial charge on any atom is -0.508 e. The third kappa shape index (κ3) is 4.07. The predicted octanol–water partition coefficient (Wildman–Crippen LogP) is 3.81. The number of benzene rings is 2. The van der Waals surface area contributed by atoms with Crippen LogP contribution in [0.15, 0.2) is 48.5 Å². The summed E-state index contributed by atoms with van der Waals surface area (Å²) in [6, 6.07) is 13.9. The second kappa shape index (κ2) is 7.06. The second-order valence-electron chi connectivity index (χ2n) is 4.94. The highest BCUT2D eigenvalue weighted by atomic mass is 19.1. The van der Waals surface area contributed by atoms with Gasteiger partial charge in [-0.2, -0.15) is 0 Å². The summed E-state index contributed by atoms with van der Waals surface area (Å²) >= 11 is 0. The first-order chi connectivity index (χ1) is 9.69. The minimum atomic E-state index is -0.221. The van der Waals surface area contributed by atoms with E-state index in [2.05, 4.69) is 12.2 Å². The Bertz CT molecular complexity index is 556. The number of aromatic hydroxyl groups is 1. The highest BCUT2D eigenvalue weighted by molar-refractivity contribution is 5.30. The van der Waals surface area contributed by atoms with Crippen LogP contribution in [0.1, 0.15) is 30.5 Å². The Morgan fingerprint density at radius 2 is 1.95 bits per heavy atom. The molecular formula is C17H20FNO. The number of hydrogen-bond donors (Lipinski definition) is 2. The van der Waals surface area contributed by atoms with E-state index in [0.717, 1.165) is 30.5 Å². The lowest BCUT2D eigenvalue weighted by molar-refractivity contribution is 0.472. The SMILES string of the molecule is CCCNC(Cc1cccc(O)c1)c1cccc(F)c1. The Kier molecular flexibility index (Phi) is 5.13. The lowest BCUT2D eigenvalue weighted by Crippen LogP contribution is -2.24. The Hall–Kier alpha value is -1.87. The van der Waals surface area contributed by atoms with E-state index in [1.54, 1.807) is 24.3 Å². The highest BCUT2D eigenvalue weighted by Crippen LogP contribution is 2.21. The Morgan fingerprint density at radius 3 is 2.65 bits per heavy atom. The number of phenolic OH excluding ortho intramolecular Hbond substituents is 1. The van der Waals surface area contributed by atoms with Crippen molar-refractivity contribution in [2.45, 2.75) is 25.8 Å². The van der Waals surface area contributed by atoms with Crippen molar-refractivity contribution in [2.24, 2.45) is 0 Å². The molecule has 2 N–H and O–H groups in total. The van der Waals surface area contributed by atoms with Crippen LogP contribution in [0, 0.1) is 5.82 Å². The highest BCUT2D eigenvalue weighted by Gasteiger charge is 2.12. The molecule has 1 unspecified atom stereocenters. The molecule has 2 aromatic carbocycles. The summed E-state index contributed by atoms with van der Waals surface area (Å²) in [6.07, 6.45) is 1.74. The molecule has 20 heavy (non-hydrogen) atoms. The number of rotatable bonds is 6. The van der Waals surface area contributed by atoms with E-state index in [9.17, 15) is 9.50 Å². The molecule has 0 aliphatic heterocycles. The van der Waals surface area contributed by atoms with Crippen molar-refractivity contribution in [3.63, 3.8) is 0 Å². The van der Waals surface area contributed by atoms with Crippen molar-refractivity contribution in [3.8, 4) is 5.75 Å². The Morgan fingerprint density at radius 1 is 1.15 bits per heavy atom. The number of phenols is 1.